The van der Waals surface area contributed by atoms with E-state index < -0.39 is 6.67 Å². The summed E-state index contributed by atoms with van der Waals surface area (Å²) >= 11 is 0. The Morgan fingerprint density at radius 1 is 1.29 bits per heavy atom. The lowest BCUT2D eigenvalue weighted by Crippen LogP contribution is -2.36. The maximum Gasteiger partial charge on any atom is 0.115 e. The molecule has 0 aromatic heterocycles. The Morgan fingerprint density at radius 2 is 2.07 bits per heavy atom. The molecule has 1 fully saturated rings. The normalized spacial score (nSPS) is 17.1. The Hall–Kier alpha value is -1.09. The number of hydrogen-bond acceptors (Lipinski definition) is 2. The van der Waals surface area contributed by atoms with Crippen LogP contribution in [-0.2, 0) is 11.4 Å². The summed E-state index contributed by atoms with van der Waals surface area (Å²) < 4.78 is 17.7. The maximum atomic E-state index is 12.4. The number of halogens is 1. The van der Waals surface area contributed by atoms with Gasteiger partial charge in [0.05, 0.1) is 13.2 Å². The molecule has 1 aromatic carbocycles. The Balaban J connectivity index is 2.13. The van der Waals surface area contributed by atoms with E-state index in [1.54, 1.807) is 0 Å². The highest BCUT2D eigenvalue weighted by atomic mass is 19.1. The van der Waals surface area contributed by atoms with Gasteiger partial charge in [-0.05, 0) is 17.7 Å². The fourth-order valence-electron chi connectivity index (χ4n) is 1.66. The van der Waals surface area contributed by atoms with E-state index in [0.29, 0.717) is 0 Å². The third-order valence-corrected chi connectivity index (χ3v) is 2.44. The number of benzene rings is 1. The minimum absolute atomic E-state index is 0.391. The van der Waals surface area contributed by atoms with Crippen molar-refractivity contribution in [2.45, 2.75) is 6.67 Å². The zero-order chi connectivity index (χ0) is 9.80. The summed E-state index contributed by atoms with van der Waals surface area (Å²) in [5, 5.41) is 0. The van der Waals surface area contributed by atoms with Gasteiger partial charge in [0, 0.05) is 18.8 Å². The molecule has 1 heterocycles. The molecule has 0 unspecified atom stereocenters. The van der Waals surface area contributed by atoms with Gasteiger partial charge in [0.1, 0.15) is 6.67 Å². The van der Waals surface area contributed by atoms with Crippen molar-refractivity contribution < 1.29 is 9.13 Å². The van der Waals surface area contributed by atoms with Crippen molar-refractivity contribution in [3.63, 3.8) is 0 Å². The molecule has 0 atom stereocenters. The van der Waals surface area contributed by atoms with E-state index in [-0.39, 0.29) is 0 Å². The van der Waals surface area contributed by atoms with Crippen LogP contribution in [0.15, 0.2) is 24.3 Å². The molecule has 14 heavy (non-hydrogen) atoms. The van der Waals surface area contributed by atoms with E-state index in [1.165, 1.54) is 0 Å². The molecule has 0 bridgehead atoms. The zero-order valence-corrected chi connectivity index (χ0v) is 8.08. The molecule has 3 heteroatoms. The Kier molecular flexibility index (Phi) is 2.99. The van der Waals surface area contributed by atoms with E-state index in [2.05, 4.69) is 4.90 Å². The van der Waals surface area contributed by atoms with Crippen LogP contribution in [0.3, 0.4) is 0 Å². The number of rotatable bonds is 2. The molecule has 76 valence electrons. The van der Waals surface area contributed by atoms with E-state index in [1.807, 2.05) is 24.3 Å². The second kappa shape index (κ2) is 4.42. The third kappa shape index (κ3) is 2.04. The third-order valence-electron chi connectivity index (χ3n) is 2.44. The van der Waals surface area contributed by atoms with E-state index in [9.17, 15) is 4.39 Å². The summed E-state index contributed by atoms with van der Waals surface area (Å²) in [7, 11) is 0. The quantitative estimate of drug-likeness (QED) is 0.715. The van der Waals surface area contributed by atoms with Gasteiger partial charge in [-0.1, -0.05) is 12.1 Å². The van der Waals surface area contributed by atoms with Crippen molar-refractivity contribution in [3.05, 3.63) is 29.8 Å². The van der Waals surface area contributed by atoms with E-state index >= 15 is 0 Å². The smallest absolute Gasteiger partial charge is 0.115 e. The van der Waals surface area contributed by atoms with Crippen molar-refractivity contribution in [2.24, 2.45) is 0 Å². The second-order valence-electron chi connectivity index (χ2n) is 3.40. The molecule has 2 nitrogen and oxygen atoms in total. The number of nitrogens with zero attached hydrogens (tertiary/aromatic N) is 1. The Morgan fingerprint density at radius 3 is 2.79 bits per heavy atom. The number of morpholine rings is 1. The van der Waals surface area contributed by atoms with E-state index in [4.69, 9.17) is 4.74 Å². The predicted octanol–water partition coefficient (Wildman–Crippen LogP) is 1.99. The van der Waals surface area contributed by atoms with Crippen LogP contribution in [0.1, 0.15) is 5.56 Å². The minimum atomic E-state index is -0.391. The highest BCUT2D eigenvalue weighted by Gasteiger charge is 2.10. The summed E-state index contributed by atoms with van der Waals surface area (Å²) in [6, 6.07) is 7.64. The molecule has 1 saturated heterocycles. The Bertz CT molecular complexity index is 297. The standard InChI is InChI=1S/C11H14FNO/c12-9-10-2-1-3-11(8-10)13-4-6-14-7-5-13/h1-3,8H,4-7,9H2. The number of anilines is 1. The molecule has 0 spiro atoms. The average Bonchev–Trinajstić information content (AvgIpc) is 2.30. The zero-order valence-electron chi connectivity index (χ0n) is 8.08. The highest BCUT2D eigenvalue weighted by Crippen LogP contribution is 2.17. The molecule has 0 radical (unpaired) electrons. The van der Waals surface area contributed by atoms with Crippen molar-refractivity contribution in [1.82, 2.24) is 0 Å². The maximum absolute atomic E-state index is 12.4. The largest absolute Gasteiger partial charge is 0.378 e. The fourth-order valence-corrected chi connectivity index (χ4v) is 1.66. The van der Waals surface area contributed by atoms with Crippen molar-refractivity contribution in [1.29, 1.82) is 0 Å². The molecule has 1 aromatic rings. The summed E-state index contributed by atoms with van der Waals surface area (Å²) in [4.78, 5) is 2.22. The molecule has 0 aliphatic carbocycles. The summed E-state index contributed by atoms with van der Waals surface area (Å²) in [6.45, 7) is 2.93. The van der Waals surface area contributed by atoms with Gasteiger partial charge in [-0.2, -0.15) is 0 Å². The SMILES string of the molecule is FCc1cccc(N2CCOCC2)c1. The molecule has 0 N–H and O–H groups in total. The summed E-state index contributed by atoms with van der Waals surface area (Å²) in [5.41, 5.74) is 1.84. The minimum Gasteiger partial charge on any atom is -0.378 e. The number of hydrogen-bond donors (Lipinski definition) is 0. The van der Waals surface area contributed by atoms with Crippen LogP contribution in [0, 0.1) is 0 Å². The van der Waals surface area contributed by atoms with Crippen LogP contribution < -0.4 is 4.90 Å². The molecule has 0 saturated carbocycles. The van der Waals surface area contributed by atoms with E-state index in [0.717, 1.165) is 37.6 Å². The lowest BCUT2D eigenvalue weighted by molar-refractivity contribution is 0.122. The summed E-state index contributed by atoms with van der Waals surface area (Å²) in [6.07, 6.45) is 0. The van der Waals surface area contributed by atoms with Gasteiger partial charge < -0.3 is 9.64 Å². The molecule has 0 amide bonds. The first-order valence-corrected chi connectivity index (χ1v) is 4.88. The fraction of sp³-hybridized carbons (Fsp3) is 0.455. The van der Waals surface area contributed by atoms with Gasteiger partial charge >= 0.3 is 0 Å². The van der Waals surface area contributed by atoms with Gasteiger partial charge in [-0.3, -0.25) is 0 Å². The second-order valence-corrected chi connectivity index (χ2v) is 3.40. The Labute approximate surface area is 83.3 Å². The lowest BCUT2D eigenvalue weighted by Gasteiger charge is -2.29. The van der Waals surface area contributed by atoms with Gasteiger partial charge in [0.2, 0.25) is 0 Å². The number of alkyl halides is 1. The lowest BCUT2D eigenvalue weighted by atomic mass is 10.2. The first-order chi connectivity index (χ1) is 6.90. The molecular formula is C11H14FNO. The van der Waals surface area contributed by atoms with Crippen molar-refractivity contribution in [2.75, 3.05) is 31.2 Å². The van der Waals surface area contributed by atoms with Crippen LogP contribution in [0.2, 0.25) is 0 Å². The van der Waals surface area contributed by atoms with Crippen molar-refractivity contribution in [3.8, 4) is 0 Å². The highest BCUT2D eigenvalue weighted by molar-refractivity contribution is 5.48. The molecule has 1 aliphatic heterocycles. The van der Waals surface area contributed by atoms with Crippen LogP contribution >= 0.6 is 0 Å². The number of ether oxygens (including phenoxy) is 1. The monoisotopic (exact) mass is 195 g/mol. The van der Waals surface area contributed by atoms with Gasteiger partial charge in [0.25, 0.3) is 0 Å². The average molecular weight is 195 g/mol. The van der Waals surface area contributed by atoms with Crippen LogP contribution in [0.4, 0.5) is 10.1 Å². The first-order valence-electron chi connectivity index (χ1n) is 4.88. The first kappa shape index (κ1) is 9.46. The van der Waals surface area contributed by atoms with Crippen LogP contribution in [-0.4, -0.2) is 26.3 Å². The van der Waals surface area contributed by atoms with Crippen LogP contribution in [0.25, 0.3) is 0 Å². The molecular weight excluding hydrogens is 181 g/mol. The van der Waals surface area contributed by atoms with Gasteiger partial charge in [0.15, 0.2) is 0 Å². The molecule has 1 aliphatic rings. The van der Waals surface area contributed by atoms with Crippen molar-refractivity contribution >= 4 is 5.69 Å². The van der Waals surface area contributed by atoms with Gasteiger partial charge in [-0.15, -0.1) is 0 Å². The summed E-state index contributed by atoms with van der Waals surface area (Å²) in [5.74, 6) is 0. The predicted molar refractivity (Wildman–Crippen MR) is 54.3 cm³/mol. The van der Waals surface area contributed by atoms with Crippen LogP contribution in [0.5, 0.6) is 0 Å². The molecule has 2 rings (SSSR count). The topological polar surface area (TPSA) is 12.5 Å². The van der Waals surface area contributed by atoms with Gasteiger partial charge in [-0.25, -0.2) is 4.39 Å².